The van der Waals surface area contributed by atoms with E-state index in [-0.39, 0.29) is 11.8 Å². The summed E-state index contributed by atoms with van der Waals surface area (Å²) in [5.41, 5.74) is 5.94. The molecule has 3 N–H and O–H groups in total. The largest absolute Gasteiger partial charge is 0.368 e. The van der Waals surface area contributed by atoms with Crippen LogP contribution in [0.25, 0.3) is 5.52 Å². The average molecular weight is 287 g/mol. The van der Waals surface area contributed by atoms with E-state index in [1.54, 1.807) is 12.3 Å². The second-order valence-corrected chi connectivity index (χ2v) is 5.56. The molecule has 0 saturated carbocycles. The second-order valence-electron chi connectivity index (χ2n) is 5.56. The molecule has 2 rings (SSSR count). The molecule has 112 valence electrons. The zero-order valence-corrected chi connectivity index (χ0v) is 12.6. The van der Waals surface area contributed by atoms with Crippen molar-refractivity contribution in [1.82, 2.24) is 9.72 Å². The molecular formula is C16H21N3O2. The highest BCUT2D eigenvalue weighted by molar-refractivity contribution is 6.00. The van der Waals surface area contributed by atoms with Gasteiger partial charge in [-0.2, -0.15) is 0 Å². The number of nitrogens with zero attached hydrogens (tertiary/aromatic N) is 1. The fraction of sp³-hybridized carbons (Fsp3) is 0.375. The van der Waals surface area contributed by atoms with Crippen LogP contribution in [0.15, 0.2) is 36.7 Å². The minimum atomic E-state index is -1.02. The third-order valence-corrected chi connectivity index (χ3v) is 4.09. The minimum absolute atomic E-state index is 0.0824. The molecule has 0 radical (unpaired) electrons. The van der Waals surface area contributed by atoms with Crippen LogP contribution >= 0.6 is 0 Å². The van der Waals surface area contributed by atoms with Crippen LogP contribution in [0.5, 0.6) is 0 Å². The number of rotatable bonds is 5. The predicted octanol–water partition coefficient (Wildman–Crippen LogP) is 1.96. The number of nitrogens with one attached hydrogen (secondary N) is 1. The summed E-state index contributed by atoms with van der Waals surface area (Å²) in [6.07, 6.45) is 4.07. The van der Waals surface area contributed by atoms with Gasteiger partial charge in [0.05, 0.1) is 5.56 Å². The van der Waals surface area contributed by atoms with E-state index in [2.05, 4.69) is 5.32 Å². The first-order chi connectivity index (χ1) is 9.90. The molecule has 0 aliphatic heterocycles. The number of carbonyl (C=O) groups is 2. The smallest absolute Gasteiger partial charge is 0.253 e. The molecule has 0 bridgehead atoms. The Labute approximate surface area is 124 Å². The first-order valence-electron chi connectivity index (χ1n) is 7.10. The Kier molecular flexibility index (Phi) is 4.02. The van der Waals surface area contributed by atoms with E-state index in [0.717, 1.165) is 5.52 Å². The molecule has 1 atom stereocenters. The van der Waals surface area contributed by atoms with Gasteiger partial charge in [-0.3, -0.25) is 9.59 Å². The van der Waals surface area contributed by atoms with E-state index >= 15 is 0 Å². The average Bonchev–Trinajstić information content (AvgIpc) is 2.87. The SMILES string of the molecule is CCC(NC(=O)c1cc2ccccn2c1)(C(N)=O)C(C)C. The lowest BCUT2D eigenvalue weighted by atomic mass is 9.83. The zero-order valence-electron chi connectivity index (χ0n) is 12.6. The summed E-state index contributed by atoms with van der Waals surface area (Å²) in [7, 11) is 0. The Morgan fingerprint density at radius 1 is 1.38 bits per heavy atom. The van der Waals surface area contributed by atoms with Crippen molar-refractivity contribution in [3.63, 3.8) is 0 Å². The highest BCUT2D eigenvalue weighted by Gasteiger charge is 2.39. The van der Waals surface area contributed by atoms with Crippen LogP contribution in [0.1, 0.15) is 37.6 Å². The molecule has 0 spiro atoms. The van der Waals surface area contributed by atoms with E-state index in [0.29, 0.717) is 12.0 Å². The number of hydrogen-bond acceptors (Lipinski definition) is 2. The molecule has 2 amide bonds. The van der Waals surface area contributed by atoms with Gasteiger partial charge in [0.1, 0.15) is 5.54 Å². The maximum absolute atomic E-state index is 12.5. The Bertz CT molecular complexity index is 642. The van der Waals surface area contributed by atoms with Crippen LogP contribution in [-0.4, -0.2) is 21.8 Å². The maximum Gasteiger partial charge on any atom is 0.253 e. The minimum Gasteiger partial charge on any atom is -0.368 e. The summed E-state index contributed by atoms with van der Waals surface area (Å²) >= 11 is 0. The highest BCUT2D eigenvalue weighted by Crippen LogP contribution is 2.22. The molecule has 0 aliphatic carbocycles. The number of carbonyl (C=O) groups excluding carboxylic acids is 2. The summed E-state index contributed by atoms with van der Waals surface area (Å²) in [6, 6.07) is 7.50. The number of nitrogens with two attached hydrogens (primary N) is 1. The number of fused-ring (bicyclic) bond motifs is 1. The van der Waals surface area contributed by atoms with E-state index < -0.39 is 11.4 Å². The molecule has 5 heteroatoms. The molecule has 2 aromatic heterocycles. The van der Waals surface area contributed by atoms with Gasteiger partial charge in [0, 0.05) is 17.9 Å². The van der Waals surface area contributed by atoms with Gasteiger partial charge in [0.2, 0.25) is 5.91 Å². The van der Waals surface area contributed by atoms with Crippen LogP contribution in [-0.2, 0) is 4.79 Å². The van der Waals surface area contributed by atoms with Gasteiger partial charge in [-0.25, -0.2) is 0 Å². The lowest BCUT2D eigenvalue weighted by molar-refractivity contribution is -0.126. The van der Waals surface area contributed by atoms with Crippen molar-refractivity contribution >= 4 is 17.3 Å². The number of hydrogen-bond donors (Lipinski definition) is 2. The highest BCUT2D eigenvalue weighted by atomic mass is 16.2. The first-order valence-corrected chi connectivity index (χ1v) is 7.10. The van der Waals surface area contributed by atoms with Gasteiger partial charge in [0.15, 0.2) is 0 Å². The maximum atomic E-state index is 12.5. The standard InChI is InChI=1S/C16H21N3O2/c1-4-16(11(2)3,15(17)21)18-14(20)12-9-13-7-5-6-8-19(13)10-12/h5-11H,4H2,1-3H3,(H2,17,21)(H,18,20). The van der Waals surface area contributed by atoms with Crippen molar-refractivity contribution in [2.75, 3.05) is 0 Å². The van der Waals surface area contributed by atoms with Crippen LogP contribution in [0.3, 0.4) is 0 Å². The van der Waals surface area contributed by atoms with Crippen molar-refractivity contribution in [2.24, 2.45) is 11.7 Å². The summed E-state index contributed by atoms with van der Waals surface area (Å²) in [4.78, 5) is 24.3. The molecule has 21 heavy (non-hydrogen) atoms. The lowest BCUT2D eigenvalue weighted by Gasteiger charge is -2.34. The quantitative estimate of drug-likeness (QED) is 0.882. The van der Waals surface area contributed by atoms with Crippen LogP contribution in [0.2, 0.25) is 0 Å². The van der Waals surface area contributed by atoms with Crippen LogP contribution in [0, 0.1) is 5.92 Å². The van der Waals surface area contributed by atoms with Gasteiger partial charge >= 0.3 is 0 Å². The topological polar surface area (TPSA) is 76.6 Å². The van der Waals surface area contributed by atoms with E-state index in [1.165, 1.54) is 0 Å². The molecule has 1 unspecified atom stereocenters. The molecule has 2 heterocycles. The van der Waals surface area contributed by atoms with Gasteiger partial charge in [0.25, 0.3) is 5.91 Å². The third-order valence-electron chi connectivity index (χ3n) is 4.09. The molecule has 0 saturated heterocycles. The summed E-state index contributed by atoms with van der Waals surface area (Å²) in [6.45, 7) is 5.61. The number of amides is 2. The Balaban J connectivity index is 2.32. The van der Waals surface area contributed by atoms with Gasteiger partial charge < -0.3 is 15.5 Å². The fourth-order valence-electron chi connectivity index (χ4n) is 2.62. The van der Waals surface area contributed by atoms with Gasteiger partial charge in [-0.15, -0.1) is 0 Å². The fourth-order valence-corrected chi connectivity index (χ4v) is 2.62. The molecule has 2 aromatic rings. The second kappa shape index (κ2) is 5.60. The van der Waals surface area contributed by atoms with Crippen molar-refractivity contribution < 1.29 is 9.59 Å². The van der Waals surface area contributed by atoms with Gasteiger partial charge in [-0.1, -0.05) is 26.8 Å². The van der Waals surface area contributed by atoms with Gasteiger partial charge in [-0.05, 0) is 30.5 Å². The monoisotopic (exact) mass is 287 g/mol. The van der Waals surface area contributed by atoms with Crippen molar-refractivity contribution in [2.45, 2.75) is 32.7 Å². The van der Waals surface area contributed by atoms with E-state index in [9.17, 15) is 9.59 Å². The molecule has 0 aromatic carbocycles. The molecular weight excluding hydrogens is 266 g/mol. The van der Waals surface area contributed by atoms with E-state index in [1.807, 2.05) is 49.6 Å². The molecule has 0 aliphatic rings. The zero-order chi connectivity index (χ0) is 15.6. The third kappa shape index (κ3) is 2.63. The van der Waals surface area contributed by atoms with Crippen LogP contribution in [0.4, 0.5) is 0 Å². The van der Waals surface area contributed by atoms with E-state index in [4.69, 9.17) is 5.73 Å². The first kappa shape index (κ1) is 15.1. The molecule has 5 nitrogen and oxygen atoms in total. The Hall–Kier alpha value is -2.30. The lowest BCUT2D eigenvalue weighted by Crippen LogP contribution is -2.60. The van der Waals surface area contributed by atoms with Crippen LogP contribution < -0.4 is 11.1 Å². The number of aromatic nitrogens is 1. The normalized spacial score (nSPS) is 14.1. The summed E-state index contributed by atoms with van der Waals surface area (Å²) in [5.74, 6) is -0.869. The predicted molar refractivity (Wildman–Crippen MR) is 81.9 cm³/mol. The van der Waals surface area contributed by atoms with Crippen molar-refractivity contribution in [3.05, 3.63) is 42.2 Å². The van der Waals surface area contributed by atoms with Crippen molar-refractivity contribution in [3.8, 4) is 0 Å². The van der Waals surface area contributed by atoms with Crippen molar-refractivity contribution in [1.29, 1.82) is 0 Å². The number of primary amides is 1. The Morgan fingerprint density at radius 3 is 2.62 bits per heavy atom. The summed E-state index contributed by atoms with van der Waals surface area (Å²) < 4.78 is 1.86. The Morgan fingerprint density at radius 2 is 2.10 bits per heavy atom. The molecule has 0 fully saturated rings. The summed E-state index contributed by atoms with van der Waals surface area (Å²) in [5, 5.41) is 2.83. The number of pyridine rings is 1.